The fourth-order valence-electron chi connectivity index (χ4n) is 2.35. The van der Waals surface area contributed by atoms with Gasteiger partial charge in [0, 0.05) is 11.8 Å². The first kappa shape index (κ1) is 14.6. The smallest absolute Gasteiger partial charge is 0.294 e. The number of halogens is 1. The van der Waals surface area contributed by atoms with Gasteiger partial charge in [-0.1, -0.05) is 33.1 Å². The van der Waals surface area contributed by atoms with Gasteiger partial charge in [-0.25, -0.2) is 4.39 Å². The topological polar surface area (TPSA) is 71.4 Å². The molecule has 1 saturated carbocycles. The van der Waals surface area contributed by atoms with Crippen molar-refractivity contribution in [3.8, 4) is 0 Å². The molecular weight excluding hydrogens is 247 g/mol. The van der Waals surface area contributed by atoms with E-state index in [9.17, 15) is 17.6 Å². The first-order valence-electron chi connectivity index (χ1n) is 5.91. The van der Waals surface area contributed by atoms with Crippen LogP contribution in [0.25, 0.3) is 0 Å². The number of ketones is 1. The lowest BCUT2D eigenvalue weighted by Crippen LogP contribution is -2.49. The van der Waals surface area contributed by atoms with Gasteiger partial charge in [0.05, 0.1) is 0 Å². The maximum Gasteiger partial charge on any atom is 0.308 e. The van der Waals surface area contributed by atoms with Crippen LogP contribution in [-0.2, 0) is 14.9 Å². The molecule has 1 aliphatic carbocycles. The molecule has 0 aromatic rings. The molecule has 17 heavy (non-hydrogen) atoms. The summed E-state index contributed by atoms with van der Waals surface area (Å²) in [4.78, 5) is 12.0. The van der Waals surface area contributed by atoms with Gasteiger partial charge in [-0.15, -0.1) is 0 Å². The third-order valence-electron chi connectivity index (χ3n) is 3.43. The van der Waals surface area contributed by atoms with E-state index < -0.39 is 32.7 Å². The predicted molar refractivity (Wildman–Crippen MR) is 61.8 cm³/mol. The molecule has 4 nitrogen and oxygen atoms in total. The molecular formula is C11H19FO4S. The maximum atomic E-state index is 14.4. The average Bonchev–Trinajstić information content (AvgIpc) is 2.26. The van der Waals surface area contributed by atoms with Gasteiger partial charge in [-0.3, -0.25) is 9.35 Å². The minimum Gasteiger partial charge on any atom is -0.294 e. The first-order chi connectivity index (χ1) is 7.71. The highest BCUT2D eigenvalue weighted by atomic mass is 32.2. The minimum absolute atomic E-state index is 0.507. The lowest BCUT2D eigenvalue weighted by atomic mass is 9.82. The number of carbonyl (C=O) groups is 1. The second-order valence-corrected chi connectivity index (χ2v) is 6.52. The Morgan fingerprint density at radius 1 is 1.29 bits per heavy atom. The van der Waals surface area contributed by atoms with Gasteiger partial charge < -0.3 is 0 Å². The van der Waals surface area contributed by atoms with E-state index in [1.165, 1.54) is 13.8 Å². The zero-order valence-electron chi connectivity index (χ0n) is 10.1. The lowest BCUT2D eigenvalue weighted by molar-refractivity contribution is -0.133. The standard InChI is InChI=1S/C11H19FO4S/c1-8(2)11(12,17(14,15)16)10(13)9-6-4-3-5-7-9/h8-9H,3-7H2,1-2H3,(H,14,15,16). The third-order valence-corrected chi connectivity index (χ3v) is 4.85. The van der Waals surface area contributed by atoms with Gasteiger partial charge in [-0.2, -0.15) is 8.42 Å². The summed E-state index contributed by atoms with van der Waals surface area (Å²) in [5.41, 5.74) is 0. The highest BCUT2D eigenvalue weighted by Crippen LogP contribution is 2.36. The summed E-state index contributed by atoms with van der Waals surface area (Å²) in [6.07, 6.45) is 3.60. The van der Waals surface area contributed by atoms with Crippen molar-refractivity contribution < 1.29 is 22.2 Å². The monoisotopic (exact) mass is 266 g/mol. The highest BCUT2D eigenvalue weighted by molar-refractivity contribution is 7.88. The quantitative estimate of drug-likeness (QED) is 0.793. The molecule has 0 bridgehead atoms. The average molecular weight is 266 g/mol. The predicted octanol–water partition coefficient (Wildman–Crippen LogP) is 2.35. The molecule has 0 radical (unpaired) electrons. The van der Waals surface area contributed by atoms with Crippen LogP contribution >= 0.6 is 0 Å². The van der Waals surface area contributed by atoms with Crippen LogP contribution in [0.2, 0.25) is 0 Å². The van der Waals surface area contributed by atoms with Crippen molar-refractivity contribution in [2.75, 3.05) is 0 Å². The summed E-state index contributed by atoms with van der Waals surface area (Å²) in [7, 11) is -5.03. The number of Topliss-reactive ketones (excluding diaryl/α,β-unsaturated/α-hetero) is 1. The molecule has 0 heterocycles. The molecule has 0 saturated heterocycles. The van der Waals surface area contributed by atoms with Gasteiger partial charge in [0.2, 0.25) is 0 Å². The molecule has 1 unspecified atom stereocenters. The van der Waals surface area contributed by atoms with Crippen molar-refractivity contribution in [2.24, 2.45) is 11.8 Å². The van der Waals surface area contributed by atoms with E-state index in [4.69, 9.17) is 4.55 Å². The summed E-state index contributed by atoms with van der Waals surface area (Å²) < 4.78 is 45.7. The van der Waals surface area contributed by atoms with E-state index in [2.05, 4.69) is 0 Å². The number of hydrogen-bond acceptors (Lipinski definition) is 3. The summed E-state index contributed by atoms with van der Waals surface area (Å²) in [5, 5.41) is -3.16. The van der Waals surface area contributed by atoms with E-state index in [0.717, 1.165) is 19.3 Å². The van der Waals surface area contributed by atoms with Crippen LogP contribution in [0.15, 0.2) is 0 Å². The van der Waals surface area contributed by atoms with Crippen molar-refractivity contribution in [2.45, 2.75) is 51.0 Å². The Hall–Kier alpha value is -0.490. The van der Waals surface area contributed by atoms with E-state index >= 15 is 0 Å². The van der Waals surface area contributed by atoms with E-state index in [-0.39, 0.29) is 0 Å². The second-order valence-electron chi connectivity index (χ2n) is 4.97. The normalized spacial score (nSPS) is 22.4. The van der Waals surface area contributed by atoms with Gasteiger partial charge >= 0.3 is 10.1 Å². The van der Waals surface area contributed by atoms with E-state index in [1.807, 2.05) is 0 Å². The van der Waals surface area contributed by atoms with Crippen LogP contribution in [0.1, 0.15) is 46.0 Å². The maximum absolute atomic E-state index is 14.4. The van der Waals surface area contributed by atoms with Crippen molar-refractivity contribution in [3.05, 3.63) is 0 Å². The molecule has 100 valence electrons. The summed E-state index contributed by atoms with van der Waals surface area (Å²) >= 11 is 0. The Kier molecular flexibility index (Phi) is 4.30. The summed E-state index contributed by atoms with van der Waals surface area (Å²) in [6.45, 7) is 2.57. The summed E-state index contributed by atoms with van der Waals surface area (Å²) in [6, 6.07) is 0. The zero-order valence-corrected chi connectivity index (χ0v) is 11.0. The first-order valence-corrected chi connectivity index (χ1v) is 7.35. The molecule has 0 aromatic carbocycles. The van der Waals surface area contributed by atoms with E-state index in [1.54, 1.807) is 0 Å². The Labute approximate surface area is 101 Å². The van der Waals surface area contributed by atoms with Crippen LogP contribution in [0, 0.1) is 11.8 Å². The molecule has 0 aliphatic heterocycles. The van der Waals surface area contributed by atoms with Crippen molar-refractivity contribution in [1.82, 2.24) is 0 Å². The third kappa shape index (κ3) is 2.68. The fraction of sp³-hybridized carbons (Fsp3) is 0.909. The molecule has 1 atom stereocenters. The number of carbonyl (C=O) groups excluding carboxylic acids is 1. The van der Waals surface area contributed by atoms with Crippen LogP contribution in [0.3, 0.4) is 0 Å². The Morgan fingerprint density at radius 3 is 2.12 bits per heavy atom. The van der Waals surface area contributed by atoms with Gasteiger partial charge in [0.1, 0.15) is 0 Å². The number of alkyl halides is 1. The molecule has 1 rings (SSSR count). The molecule has 1 fully saturated rings. The molecule has 0 spiro atoms. The molecule has 1 N–H and O–H groups in total. The molecule has 0 aromatic heterocycles. The number of rotatable bonds is 4. The Morgan fingerprint density at radius 2 is 1.76 bits per heavy atom. The highest BCUT2D eigenvalue weighted by Gasteiger charge is 2.55. The van der Waals surface area contributed by atoms with Crippen LogP contribution in [0.4, 0.5) is 4.39 Å². The van der Waals surface area contributed by atoms with Crippen LogP contribution in [-0.4, -0.2) is 23.8 Å². The molecule has 0 amide bonds. The SMILES string of the molecule is CC(C)C(F)(C(=O)C1CCCCC1)S(=O)(=O)O. The van der Waals surface area contributed by atoms with Gasteiger partial charge in [0.25, 0.3) is 5.00 Å². The largest absolute Gasteiger partial charge is 0.308 e. The zero-order chi connectivity index (χ0) is 13.3. The Balaban J connectivity index is 3.03. The van der Waals surface area contributed by atoms with Crippen LogP contribution < -0.4 is 0 Å². The summed E-state index contributed by atoms with van der Waals surface area (Å²) in [5.74, 6) is -2.65. The molecule has 6 heteroatoms. The van der Waals surface area contributed by atoms with E-state index in [0.29, 0.717) is 12.8 Å². The minimum atomic E-state index is -5.03. The fourth-order valence-corrected chi connectivity index (χ4v) is 3.37. The van der Waals surface area contributed by atoms with Crippen molar-refractivity contribution >= 4 is 15.9 Å². The van der Waals surface area contributed by atoms with Crippen molar-refractivity contribution in [3.63, 3.8) is 0 Å². The Bertz CT molecular complexity index is 384. The van der Waals surface area contributed by atoms with Gasteiger partial charge in [0.15, 0.2) is 5.78 Å². The van der Waals surface area contributed by atoms with Crippen molar-refractivity contribution in [1.29, 1.82) is 0 Å². The molecule has 1 aliphatic rings. The lowest BCUT2D eigenvalue weighted by Gasteiger charge is -2.30. The second kappa shape index (κ2) is 5.02. The number of hydrogen-bond donors (Lipinski definition) is 1. The van der Waals surface area contributed by atoms with Gasteiger partial charge in [-0.05, 0) is 12.8 Å². The van der Waals surface area contributed by atoms with Crippen LogP contribution in [0.5, 0.6) is 0 Å².